The summed E-state index contributed by atoms with van der Waals surface area (Å²) in [6.45, 7) is 4.85. The minimum absolute atomic E-state index is 0.0690. The van der Waals surface area contributed by atoms with Crippen LogP contribution in [-0.2, 0) is 11.3 Å². The molecule has 0 fully saturated rings. The molecule has 2 aromatic carbocycles. The van der Waals surface area contributed by atoms with Crippen LogP contribution < -0.4 is 4.74 Å². The van der Waals surface area contributed by atoms with Crippen LogP contribution in [0.4, 0.5) is 0 Å². The average Bonchev–Trinajstić information content (AvgIpc) is 2.69. The molecule has 0 aliphatic carbocycles. The predicted octanol–water partition coefficient (Wildman–Crippen LogP) is 4.29. The Morgan fingerprint density at radius 1 is 1.17 bits per heavy atom. The van der Waals surface area contributed by atoms with Gasteiger partial charge in [-0.2, -0.15) is 0 Å². The Balaban J connectivity index is 2.09. The zero-order chi connectivity index (χ0) is 16.4. The van der Waals surface area contributed by atoms with Gasteiger partial charge in [0.1, 0.15) is 24.7 Å². The quantitative estimate of drug-likeness (QED) is 0.786. The highest BCUT2D eigenvalue weighted by Crippen LogP contribution is 2.39. The zero-order valence-electron chi connectivity index (χ0n) is 14.4. The summed E-state index contributed by atoms with van der Waals surface area (Å²) in [6.07, 6.45) is 0.906. The van der Waals surface area contributed by atoms with Gasteiger partial charge in [0.25, 0.3) is 0 Å². The van der Waals surface area contributed by atoms with Crippen molar-refractivity contribution in [2.45, 2.75) is 39.2 Å². The number of hydrogen-bond donors (Lipinski definition) is 0. The van der Waals surface area contributed by atoms with E-state index in [2.05, 4.69) is 75.3 Å². The Kier molecular flexibility index (Phi) is 4.69. The molecule has 0 amide bonds. The minimum Gasteiger partial charge on any atom is -0.488 e. The lowest BCUT2D eigenvalue weighted by molar-refractivity contribution is -0.0702. The maximum absolute atomic E-state index is 6.54. The zero-order valence-corrected chi connectivity index (χ0v) is 14.4. The van der Waals surface area contributed by atoms with Crippen LogP contribution in [0.15, 0.2) is 42.5 Å². The first kappa shape index (κ1) is 16.0. The van der Waals surface area contributed by atoms with Gasteiger partial charge in [-0.25, -0.2) is 0 Å². The van der Waals surface area contributed by atoms with Gasteiger partial charge in [-0.05, 0) is 50.7 Å². The van der Waals surface area contributed by atoms with Crippen LogP contribution in [0.2, 0.25) is 0 Å². The first-order chi connectivity index (χ1) is 11.1. The van der Waals surface area contributed by atoms with E-state index in [1.54, 1.807) is 0 Å². The number of aryl methyl sites for hydroxylation is 1. The average molecular weight is 311 g/mol. The number of hydrogen-bond acceptors (Lipinski definition) is 3. The molecule has 3 nitrogen and oxygen atoms in total. The second-order valence-corrected chi connectivity index (χ2v) is 6.37. The molecular formula is C20H25NO2. The summed E-state index contributed by atoms with van der Waals surface area (Å²) in [5.41, 5.74) is 4.74. The molecule has 0 spiro atoms. The lowest BCUT2D eigenvalue weighted by atomic mass is 9.96. The van der Waals surface area contributed by atoms with E-state index in [9.17, 15) is 0 Å². The highest BCUT2D eigenvalue weighted by molar-refractivity contribution is 5.46. The fourth-order valence-corrected chi connectivity index (χ4v) is 3.14. The number of fused-ring (bicyclic) bond motifs is 2. The smallest absolute Gasteiger partial charge is 0.125 e. The van der Waals surface area contributed by atoms with Crippen molar-refractivity contribution in [3.05, 3.63) is 64.7 Å². The maximum atomic E-state index is 6.54. The van der Waals surface area contributed by atoms with Gasteiger partial charge in [0.2, 0.25) is 0 Å². The third kappa shape index (κ3) is 3.26. The SMILES string of the molecule is CCC(OC1c2ccccc2COc2ccc(C)cc21)N(C)C. The highest BCUT2D eigenvalue weighted by atomic mass is 16.5. The van der Waals surface area contributed by atoms with E-state index in [0.29, 0.717) is 6.61 Å². The molecule has 0 aromatic heterocycles. The molecule has 2 unspecified atom stereocenters. The molecule has 1 heterocycles. The maximum Gasteiger partial charge on any atom is 0.125 e. The molecule has 0 saturated carbocycles. The fraction of sp³-hybridized carbons (Fsp3) is 0.400. The molecule has 1 aliphatic rings. The number of nitrogens with zero attached hydrogens (tertiary/aromatic N) is 1. The summed E-state index contributed by atoms with van der Waals surface area (Å²) in [5.74, 6) is 0.922. The molecule has 0 saturated heterocycles. The number of rotatable bonds is 4. The van der Waals surface area contributed by atoms with Crippen molar-refractivity contribution < 1.29 is 9.47 Å². The first-order valence-corrected chi connectivity index (χ1v) is 8.23. The van der Waals surface area contributed by atoms with Crippen LogP contribution in [0.1, 0.15) is 41.7 Å². The van der Waals surface area contributed by atoms with Gasteiger partial charge in [-0.3, -0.25) is 4.90 Å². The van der Waals surface area contributed by atoms with Gasteiger partial charge in [0, 0.05) is 5.56 Å². The third-order valence-corrected chi connectivity index (χ3v) is 4.39. The van der Waals surface area contributed by atoms with Crippen LogP contribution >= 0.6 is 0 Å². The van der Waals surface area contributed by atoms with E-state index in [1.807, 2.05) is 0 Å². The fourth-order valence-electron chi connectivity index (χ4n) is 3.14. The molecule has 0 bridgehead atoms. The molecule has 23 heavy (non-hydrogen) atoms. The predicted molar refractivity (Wildman–Crippen MR) is 92.6 cm³/mol. The lowest BCUT2D eigenvalue weighted by Crippen LogP contribution is -2.31. The van der Waals surface area contributed by atoms with Crippen molar-refractivity contribution >= 4 is 0 Å². The van der Waals surface area contributed by atoms with Crippen molar-refractivity contribution in [3.63, 3.8) is 0 Å². The second-order valence-electron chi connectivity index (χ2n) is 6.37. The standard InChI is InChI=1S/C20H25NO2/c1-5-19(21(3)4)23-20-16-9-7-6-8-15(16)13-22-18-11-10-14(2)12-17(18)20/h6-12,19-20H,5,13H2,1-4H3. The third-order valence-electron chi connectivity index (χ3n) is 4.39. The minimum atomic E-state index is -0.101. The van der Waals surface area contributed by atoms with E-state index in [0.717, 1.165) is 17.7 Å². The summed E-state index contributed by atoms with van der Waals surface area (Å²) < 4.78 is 12.6. The van der Waals surface area contributed by atoms with E-state index in [1.165, 1.54) is 16.7 Å². The summed E-state index contributed by atoms with van der Waals surface area (Å²) in [6, 6.07) is 14.8. The van der Waals surface area contributed by atoms with E-state index < -0.39 is 0 Å². The summed E-state index contributed by atoms with van der Waals surface area (Å²) in [7, 11) is 4.12. The van der Waals surface area contributed by atoms with Gasteiger partial charge in [-0.15, -0.1) is 0 Å². The van der Waals surface area contributed by atoms with Gasteiger partial charge in [0.05, 0.1) is 0 Å². The molecule has 0 N–H and O–H groups in total. The van der Waals surface area contributed by atoms with Crippen LogP contribution in [0.5, 0.6) is 5.75 Å². The molecular weight excluding hydrogens is 286 g/mol. The molecule has 3 heteroatoms. The largest absolute Gasteiger partial charge is 0.488 e. The molecule has 3 rings (SSSR count). The molecule has 2 aromatic rings. The topological polar surface area (TPSA) is 21.7 Å². The van der Waals surface area contributed by atoms with Crippen molar-refractivity contribution in [1.82, 2.24) is 4.90 Å². The molecule has 2 atom stereocenters. The van der Waals surface area contributed by atoms with Crippen molar-refractivity contribution in [2.24, 2.45) is 0 Å². The van der Waals surface area contributed by atoms with E-state index in [4.69, 9.17) is 9.47 Å². The monoisotopic (exact) mass is 311 g/mol. The van der Waals surface area contributed by atoms with Crippen LogP contribution in [0.3, 0.4) is 0 Å². The summed E-state index contributed by atoms with van der Waals surface area (Å²) >= 11 is 0. The van der Waals surface area contributed by atoms with Gasteiger partial charge < -0.3 is 9.47 Å². The van der Waals surface area contributed by atoms with E-state index >= 15 is 0 Å². The van der Waals surface area contributed by atoms with Crippen LogP contribution in [0.25, 0.3) is 0 Å². The number of ether oxygens (including phenoxy) is 2. The van der Waals surface area contributed by atoms with Gasteiger partial charge in [0.15, 0.2) is 0 Å². The van der Waals surface area contributed by atoms with Crippen molar-refractivity contribution in [2.75, 3.05) is 14.1 Å². The molecule has 0 radical (unpaired) electrons. The Morgan fingerprint density at radius 3 is 2.70 bits per heavy atom. The molecule has 1 aliphatic heterocycles. The van der Waals surface area contributed by atoms with Crippen LogP contribution in [-0.4, -0.2) is 25.2 Å². The van der Waals surface area contributed by atoms with Crippen LogP contribution in [0, 0.1) is 6.92 Å². The normalized spacial score (nSPS) is 17.9. The Hall–Kier alpha value is -1.84. The highest BCUT2D eigenvalue weighted by Gasteiger charge is 2.28. The number of benzene rings is 2. The Morgan fingerprint density at radius 2 is 1.96 bits per heavy atom. The Labute approximate surface area is 138 Å². The van der Waals surface area contributed by atoms with Gasteiger partial charge in [-0.1, -0.05) is 42.8 Å². The lowest BCUT2D eigenvalue weighted by Gasteiger charge is -2.29. The summed E-state index contributed by atoms with van der Waals surface area (Å²) in [4.78, 5) is 2.13. The Bertz CT molecular complexity index is 681. The van der Waals surface area contributed by atoms with Crippen molar-refractivity contribution in [1.29, 1.82) is 0 Å². The second kappa shape index (κ2) is 6.73. The van der Waals surface area contributed by atoms with Crippen molar-refractivity contribution in [3.8, 4) is 5.75 Å². The van der Waals surface area contributed by atoms with E-state index in [-0.39, 0.29) is 12.3 Å². The molecule has 122 valence electrons. The summed E-state index contributed by atoms with van der Waals surface area (Å²) in [5, 5.41) is 0. The first-order valence-electron chi connectivity index (χ1n) is 8.23. The van der Waals surface area contributed by atoms with Gasteiger partial charge >= 0.3 is 0 Å².